The molecule has 18 heavy (non-hydrogen) atoms. The van der Waals surface area contributed by atoms with Gasteiger partial charge in [-0.05, 0) is 44.9 Å². The Labute approximate surface area is 114 Å². The van der Waals surface area contributed by atoms with E-state index in [1.807, 2.05) is 19.1 Å². The number of carbonyl (C=O) groups excluding carboxylic acids is 1. The molecule has 0 aromatic heterocycles. The Morgan fingerprint density at radius 2 is 2.33 bits per heavy atom. The van der Waals surface area contributed by atoms with Crippen LogP contribution in [0.1, 0.15) is 43.5 Å². The van der Waals surface area contributed by atoms with Gasteiger partial charge in [0.1, 0.15) is 0 Å². The molecular formula is C15H20ClNO. The zero-order chi connectivity index (χ0) is 13.1. The maximum absolute atomic E-state index is 12.4. The van der Waals surface area contributed by atoms with E-state index in [-0.39, 0.29) is 11.8 Å². The molecule has 1 aromatic carbocycles. The van der Waals surface area contributed by atoms with Crippen LogP contribution < -0.4 is 0 Å². The van der Waals surface area contributed by atoms with Crippen molar-refractivity contribution in [2.75, 3.05) is 6.54 Å². The second kappa shape index (κ2) is 5.85. The quantitative estimate of drug-likeness (QED) is 0.772. The number of carbonyl (C=O) groups is 1. The zero-order valence-electron chi connectivity index (χ0n) is 11.0. The van der Waals surface area contributed by atoms with Crippen LogP contribution in [0.2, 0.25) is 5.02 Å². The second-order valence-electron chi connectivity index (χ2n) is 4.99. The van der Waals surface area contributed by atoms with Crippen molar-refractivity contribution < 1.29 is 4.79 Å². The van der Waals surface area contributed by atoms with Gasteiger partial charge in [-0.25, -0.2) is 0 Å². The van der Waals surface area contributed by atoms with Crippen LogP contribution in [0.5, 0.6) is 0 Å². The van der Waals surface area contributed by atoms with Crippen molar-refractivity contribution in [1.82, 2.24) is 4.90 Å². The van der Waals surface area contributed by atoms with E-state index in [9.17, 15) is 4.79 Å². The van der Waals surface area contributed by atoms with Crippen molar-refractivity contribution in [2.45, 2.75) is 45.2 Å². The van der Waals surface area contributed by atoms with Gasteiger partial charge in [0, 0.05) is 16.6 Å². The highest BCUT2D eigenvalue weighted by Gasteiger charge is 2.31. The predicted molar refractivity (Wildman–Crippen MR) is 75.3 cm³/mol. The van der Waals surface area contributed by atoms with E-state index in [0.717, 1.165) is 18.5 Å². The molecule has 1 fully saturated rings. The number of Topliss-reactive ketones (excluding diaryl/α,β-unsaturated/α-hetero) is 1. The second-order valence-corrected chi connectivity index (χ2v) is 5.43. The van der Waals surface area contributed by atoms with Crippen molar-refractivity contribution in [3.8, 4) is 0 Å². The van der Waals surface area contributed by atoms with Gasteiger partial charge in [0.2, 0.25) is 0 Å². The van der Waals surface area contributed by atoms with Crippen molar-refractivity contribution in [3.63, 3.8) is 0 Å². The fourth-order valence-corrected chi connectivity index (χ4v) is 3.03. The number of hydrogen-bond donors (Lipinski definition) is 0. The van der Waals surface area contributed by atoms with E-state index in [1.165, 1.54) is 12.8 Å². The van der Waals surface area contributed by atoms with Crippen LogP contribution in [0.25, 0.3) is 0 Å². The van der Waals surface area contributed by atoms with Gasteiger partial charge in [-0.2, -0.15) is 0 Å². The molecule has 2 atom stereocenters. The van der Waals surface area contributed by atoms with E-state index in [4.69, 9.17) is 11.6 Å². The Bertz CT molecular complexity index is 432. The Morgan fingerprint density at radius 3 is 3.00 bits per heavy atom. The first-order valence-corrected chi connectivity index (χ1v) is 7.06. The number of ketones is 1. The van der Waals surface area contributed by atoms with E-state index in [1.54, 1.807) is 12.1 Å². The molecule has 0 saturated carbocycles. The zero-order valence-corrected chi connectivity index (χ0v) is 11.8. The largest absolute Gasteiger partial charge is 0.292 e. The summed E-state index contributed by atoms with van der Waals surface area (Å²) in [6.45, 7) is 5.24. The Kier molecular flexibility index (Phi) is 4.41. The molecule has 98 valence electrons. The van der Waals surface area contributed by atoms with Crippen molar-refractivity contribution in [3.05, 3.63) is 34.9 Å². The summed E-state index contributed by atoms with van der Waals surface area (Å²) in [6, 6.07) is 7.76. The van der Waals surface area contributed by atoms with Gasteiger partial charge in [-0.15, -0.1) is 0 Å². The number of benzene rings is 1. The summed E-state index contributed by atoms with van der Waals surface area (Å²) in [5.74, 6) is 0.179. The molecule has 1 aromatic rings. The molecule has 2 rings (SSSR count). The third-order valence-electron chi connectivity index (χ3n) is 3.88. The maximum atomic E-state index is 12.4. The lowest BCUT2D eigenvalue weighted by molar-refractivity contribution is 0.0817. The molecule has 0 aliphatic carbocycles. The summed E-state index contributed by atoms with van der Waals surface area (Å²) in [5, 5.41) is 0.626. The van der Waals surface area contributed by atoms with Crippen LogP contribution >= 0.6 is 11.6 Å². The topological polar surface area (TPSA) is 20.3 Å². The van der Waals surface area contributed by atoms with Gasteiger partial charge in [-0.1, -0.05) is 30.7 Å². The van der Waals surface area contributed by atoms with Crippen LogP contribution in [0, 0.1) is 0 Å². The van der Waals surface area contributed by atoms with E-state index >= 15 is 0 Å². The summed E-state index contributed by atoms with van der Waals surface area (Å²) in [4.78, 5) is 14.8. The first kappa shape index (κ1) is 13.6. The number of rotatable bonds is 4. The average Bonchev–Trinajstić information content (AvgIpc) is 2.85. The monoisotopic (exact) mass is 265 g/mol. The molecule has 0 radical (unpaired) electrons. The van der Waals surface area contributed by atoms with Crippen molar-refractivity contribution in [2.24, 2.45) is 0 Å². The minimum atomic E-state index is -0.0454. The highest BCUT2D eigenvalue weighted by Crippen LogP contribution is 2.24. The summed E-state index contributed by atoms with van der Waals surface area (Å²) < 4.78 is 0. The molecule has 0 N–H and O–H groups in total. The van der Waals surface area contributed by atoms with Gasteiger partial charge >= 0.3 is 0 Å². The van der Waals surface area contributed by atoms with Crippen molar-refractivity contribution >= 4 is 17.4 Å². The Hall–Kier alpha value is -0.860. The Balaban J connectivity index is 2.13. The fourth-order valence-electron chi connectivity index (χ4n) is 2.84. The molecule has 1 aliphatic heterocycles. The normalized spacial score (nSPS) is 22.1. The third kappa shape index (κ3) is 2.76. The summed E-state index contributed by atoms with van der Waals surface area (Å²) >= 11 is 5.94. The van der Waals surface area contributed by atoms with E-state index in [0.29, 0.717) is 11.1 Å². The van der Waals surface area contributed by atoms with Gasteiger partial charge in [0.25, 0.3) is 0 Å². The fraction of sp³-hybridized carbons (Fsp3) is 0.533. The number of halogens is 1. The summed E-state index contributed by atoms with van der Waals surface area (Å²) in [6.07, 6.45) is 3.53. The SMILES string of the molecule is CCC1CCCN1C(C)C(=O)c1cccc(Cl)c1. The number of hydrogen-bond acceptors (Lipinski definition) is 2. The summed E-state index contributed by atoms with van der Waals surface area (Å²) in [5.41, 5.74) is 0.719. The van der Waals surface area contributed by atoms with Crippen LogP contribution in [0.15, 0.2) is 24.3 Å². The van der Waals surface area contributed by atoms with Crippen LogP contribution in [0.3, 0.4) is 0 Å². The molecule has 2 nitrogen and oxygen atoms in total. The highest BCUT2D eigenvalue weighted by molar-refractivity contribution is 6.31. The minimum absolute atomic E-state index is 0.0454. The minimum Gasteiger partial charge on any atom is -0.292 e. The van der Waals surface area contributed by atoms with Gasteiger partial charge in [0.05, 0.1) is 6.04 Å². The van der Waals surface area contributed by atoms with Crippen LogP contribution in [-0.4, -0.2) is 29.3 Å². The molecular weight excluding hydrogens is 246 g/mol. The molecule has 2 unspecified atom stereocenters. The van der Waals surface area contributed by atoms with E-state index < -0.39 is 0 Å². The van der Waals surface area contributed by atoms with Crippen molar-refractivity contribution in [1.29, 1.82) is 0 Å². The average molecular weight is 266 g/mol. The molecule has 0 bridgehead atoms. The number of nitrogens with zero attached hydrogens (tertiary/aromatic N) is 1. The third-order valence-corrected chi connectivity index (χ3v) is 4.12. The standard InChI is InChI=1S/C15H20ClNO/c1-3-14-8-5-9-17(14)11(2)15(18)12-6-4-7-13(16)10-12/h4,6-7,10-11,14H,3,5,8-9H2,1-2H3. The highest BCUT2D eigenvalue weighted by atomic mass is 35.5. The molecule has 0 amide bonds. The number of likely N-dealkylation sites (tertiary alicyclic amines) is 1. The lowest BCUT2D eigenvalue weighted by Gasteiger charge is -2.29. The van der Waals surface area contributed by atoms with Crippen LogP contribution in [0.4, 0.5) is 0 Å². The predicted octanol–water partition coefficient (Wildman–Crippen LogP) is 3.79. The van der Waals surface area contributed by atoms with Gasteiger partial charge < -0.3 is 0 Å². The molecule has 1 heterocycles. The lowest BCUT2D eigenvalue weighted by Crippen LogP contribution is -2.41. The first-order valence-electron chi connectivity index (χ1n) is 6.69. The van der Waals surface area contributed by atoms with Gasteiger partial charge in [0.15, 0.2) is 5.78 Å². The Morgan fingerprint density at radius 1 is 1.56 bits per heavy atom. The molecule has 1 aliphatic rings. The lowest BCUT2D eigenvalue weighted by atomic mass is 10.0. The molecule has 3 heteroatoms. The maximum Gasteiger partial charge on any atom is 0.179 e. The molecule has 1 saturated heterocycles. The smallest absolute Gasteiger partial charge is 0.179 e. The van der Waals surface area contributed by atoms with Crippen LogP contribution in [-0.2, 0) is 0 Å². The first-order chi connectivity index (χ1) is 8.63. The molecule has 0 spiro atoms. The van der Waals surface area contributed by atoms with Gasteiger partial charge in [-0.3, -0.25) is 9.69 Å². The van der Waals surface area contributed by atoms with E-state index in [2.05, 4.69) is 11.8 Å². The summed E-state index contributed by atoms with van der Waals surface area (Å²) in [7, 11) is 0.